The van der Waals surface area contributed by atoms with Crippen molar-refractivity contribution in [2.75, 3.05) is 38.2 Å². The molecule has 9 heteroatoms. The quantitative estimate of drug-likeness (QED) is 0.259. The molecule has 2 heterocycles. The van der Waals surface area contributed by atoms with Gasteiger partial charge in [0, 0.05) is 62.1 Å². The topological polar surface area (TPSA) is 102 Å². The maximum Gasteiger partial charge on any atom is 0.269 e. The lowest BCUT2D eigenvalue weighted by molar-refractivity contribution is -0.384. The zero-order chi connectivity index (χ0) is 26.4. The lowest BCUT2D eigenvalue weighted by Crippen LogP contribution is -2.49. The number of aryl methyl sites for hydroxylation is 2. The molecular formula is C28H31N5O4. The molecule has 0 unspecified atom stereocenters. The summed E-state index contributed by atoms with van der Waals surface area (Å²) in [5, 5.41) is 10.8. The third-order valence-electron chi connectivity index (χ3n) is 6.47. The fraction of sp³-hybridized carbons (Fsp3) is 0.321. The van der Waals surface area contributed by atoms with Crippen LogP contribution in [0.3, 0.4) is 0 Å². The number of anilines is 1. The summed E-state index contributed by atoms with van der Waals surface area (Å²) >= 11 is 0. The van der Waals surface area contributed by atoms with Crippen LogP contribution in [-0.4, -0.2) is 59.0 Å². The molecule has 37 heavy (non-hydrogen) atoms. The molecule has 0 bridgehead atoms. The van der Waals surface area contributed by atoms with Crippen LogP contribution < -0.4 is 9.64 Å². The van der Waals surface area contributed by atoms with Gasteiger partial charge in [0.05, 0.1) is 12.0 Å². The molecule has 0 atom stereocenters. The van der Waals surface area contributed by atoms with Crippen LogP contribution in [0.4, 0.5) is 11.5 Å². The number of benzene rings is 2. The molecule has 0 radical (unpaired) electrons. The van der Waals surface area contributed by atoms with Crippen LogP contribution in [0.5, 0.6) is 5.75 Å². The van der Waals surface area contributed by atoms with Crippen molar-refractivity contribution in [3.05, 3.63) is 92.9 Å². The Labute approximate surface area is 216 Å². The van der Waals surface area contributed by atoms with Crippen molar-refractivity contribution in [3.63, 3.8) is 0 Å². The van der Waals surface area contributed by atoms with Crippen molar-refractivity contribution < 1.29 is 14.5 Å². The first-order valence-electron chi connectivity index (χ1n) is 12.3. The summed E-state index contributed by atoms with van der Waals surface area (Å²) in [6, 6.07) is 14.2. The number of aromatic nitrogens is 2. The smallest absolute Gasteiger partial charge is 0.269 e. The minimum atomic E-state index is -0.441. The largest absolute Gasteiger partial charge is 0.497 e. The molecule has 192 valence electrons. The number of ether oxygens (including phenoxy) is 1. The van der Waals surface area contributed by atoms with E-state index < -0.39 is 4.92 Å². The average Bonchev–Trinajstić information content (AvgIpc) is 2.93. The van der Waals surface area contributed by atoms with Gasteiger partial charge in [-0.15, -0.1) is 0 Å². The van der Waals surface area contributed by atoms with Crippen LogP contribution in [0.15, 0.2) is 54.6 Å². The second-order valence-electron chi connectivity index (χ2n) is 8.89. The Morgan fingerprint density at radius 2 is 1.73 bits per heavy atom. The first-order valence-corrected chi connectivity index (χ1v) is 12.3. The number of nitro benzene ring substituents is 1. The number of piperazine rings is 1. The van der Waals surface area contributed by atoms with Crippen molar-refractivity contribution in [1.29, 1.82) is 0 Å². The number of methoxy groups -OCH3 is 1. The summed E-state index contributed by atoms with van der Waals surface area (Å²) in [5.41, 5.74) is 4.09. The standard InChI is InChI=1S/C28H31N5O4/c1-4-26-25(19-22-7-12-24(37-3)13-8-22)28(30-20(2)29-26)32-17-15-31(16-18-32)27(34)14-9-21-5-10-23(11-6-21)33(35)36/h5-14H,4,15-19H2,1-3H3/b14-9+. The van der Waals surface area contributed by atoms with E-state index in [1.807, 2.05) is 24.0 Å². The molecule has 2 aromatic carbocycles. The lowest BCUT2D eigenvalue weighted by atomic mass is 10.0. The fourth-order valence-corrected chi connectivity index (χ4v) is 4.44. The zero-order valence-corrected chi connectivity index (χ0v) is 21.4. The van der Waals surface area contributed by atoms with Gasteiger partial charge in [-0.05, 0) is 54.8 Å². The molecule has 1 aliphatic rings. The highest BCUT2D eigenvalue weighted by Crippen LogP contribution is 2.27. The molecule has 0 spiro atoms. The molecular weight excluding hydrogens is 470 g/mol. The highest BCUT2D eigenvalue weighted by Gasteiger charge is 2.24. The summed E-state index contributed by atoms with van der Waals surface area (Å²) in [6.45, 7) is 6.53. The number of carbonyl (C=O) groups excluding carboxylic acids is 1. The first-order chi connectivity index (χ1) is 17.9. The molecule has 0 N–H and O–H groups in total. The van der Waals surface area contributed by atoms with Crippen LogP contribution in [0.25, 0.3) is 6.08 Å². The molecule has 0 saturated carbocycles. The molecule has 1 aromatic heterocycles. The van der Waals surface area contributed by atoms with E-state index in [-0.39, 0.29) is 11.6 Å². The molecule has 4 rings (SSSR count). The number of rotatable bonds is 8. The zero-order valence-electron chi connectivity index (χ0n) is 21.4. The second kappa shape index (κ2) is 11.6. The summed E-state index contributed by atoms with van der Waals surface area (Å²) in [6.07, 6.45) is 4.75. The van der Waals surface area contributed by atoms with Crippen molar-refractivity contribution in [3.8, 4) is 5.75 Å². The Bertz CT molecular complexity index is 1280. The molecule has 1 amide bonds. The minimum absolute atomic E-state index is 0.0251. The van der Waals surface area contributed by atoms with Gasteiger partial charge in [-0.3, -0.25) is 14.9 Å². The van der Waals surface area contributed by atoms with Gasteiger partial charge < -0.3 is 14.5 Å². The molecule has 1 saturated heterocycles. The van der Waals surface area contributed by atoms with Crippen LogP contribution in [0, 0.1) is 17.0 Å². The summed E-state index contributed by atoms with van der Waals surface area (Å²) < 4.78 is 5.29. The van der Waals surface area contributed by atoms with E-state index >= 15 is 0 Å². The number of non-ortho nitro benzene ring substituents is 1. The number of carbonyl (C=O) groups is 1. The van der Waals surface area contributed by atoms with Gasteiger partial charge in [0.2, 0.25) is 5.91 Å². The number of amides is 1. The van der Waals surface area contributed by atoms with E-state index in [2.05, 4.69) is 24.0 Å². The van der Waals surface area contributed by atoms with E-state index in [4.69, 9.17) is 14.7 Å². The van der Waals surface area contributed by atoms with Gasteiger partial charge in [-0.1, -0.05) is 19.1 Å². The van der Waals surface area contributed by atoms with Gasteiger partial charge in [0.25, 0.3) is 5.69 Å². The highest BCUT2D eigenvalue weighted by molar-refractivity contribution is 5.92. The highest BCUT2D eigenvalue weighted by atomic mass is 16.6. The van der Waals surface area contributed by atoms with Gasteiger partial charge in [-0.2, -0.15) is 0 Å². The average molecular weight is 502 g/mol. The van der Waals surface area contributed by atoms with Crippen LogP contribution in [-0.2, 0) is 17.6 Å². The predicted molar refractivity (Wildman–Crippen MR) is 143 cm³/mol. The van der Waals surface area contributed by atoms with E-state index in [1.165, 1.54) is 18.2 Å². The summed E-state index contributed by atoms with van der Waals surface area (Å²) in [5.74, 6) is 2.43. The molecule has 1 aliphatic heterocycles. The predicted octanol–water partition coefficient (Wildman–Crippen LogP) is 4.22. The maximum absolute atomic E-state index is 12.8. The van der Waals surface area contributed by atoms with Gasteiger partial charge in [0.15, 0.2) is 0 Å². The first kappa shape index (κ1) is 25.8. The van der Waals surface area contributed by atoms with Gasteiger partial charge in [-0.25, -0.2) is 9.97 Å². The van der Waals surface area contributed by atoms with Crippen molar-refractivity contribution in [2.45, 2.75) is 26.7 Å². The van der Waals surface area contributed by atoms with Crippen LogP contribution in [0.1, 0.15) is 35.1 Å². The molecule has 0 aliphatic carbocycles. The summed E-state index contributed by atoms with van der Waals surface area (Å²) in [7, 11) is 1.66. The van der Waals surface area contributed by atoms with Crippen LogP contribution >= 0.6 is 0 Å². The van der Waals surface area contributed by atoms with Crippen molar-refractivity contribution >= 4 is 23.5 Å². The van der Waals surface area contributed by atoms with Gasteiger partial charge in [0.1, 0.15) is 17.4 Å². The van der Waals surface area contributed by atoms with E-state index in [0.717, 1.165) is 52.6 Å². The monoisotopic (exact) mass is 501 g/mol. The fourth-order valence-electron chi connectivity index (χ4n) is 4.44. The third kappa shape index (κ3) is 6.30. The lowest BCUT2D eigenvalue weighted by Gasteiger charge is -2.36. The number of hydrogen-bond donors (Lipinski definition) is 0. The van der Waals surface area contributed by atoms with E-state index in [1.54, 1.807) is 25.3 Å². The number of nitro groups is 1. The summed E-state index contributed by atoms with van der Waals surface area (Å²) in [4.78, 5) is 36.8. The Morgan fingerprint density at radius 1 is 1.05 bits per heavy atom. The third-order valence-corrected chi connectivity index (χ3v) is 6.47. The second-order valence-corrected chi connectivity index (χ2v) is 8.89. The minimum Gasteiger partial charge on any atom is -0.497 e. The van der Waals surface area contributed by atoms with Crippen molar-refractivity contribution in [1.82, 2.24) is 14.9 Å². The Kier molecular flexibility index (Phi) is 8.12. The maximum atomic E-state index is 12.8. The van der Waals surface area contributed by atoms with Gasteiger partial charge >= 0.3 is 0 Å². The normalized spacial score (nSPS) is 13.7. The molecule has 3 aromatic rings. The Morgan fingerprint density at radius 3 is 2.32 bits per heavy atom. The Hall–Kier alpha value is -4.27. The van der Waals surface area contributed by atoms with Crippen molar-refractivity contribution in [2.24, 2.45) is 0 Å². The van der Waals surface area contributed by atoms with E-state index in [9.17, 15) is 14.9 Å². The number of hydrogen-bond acceptors (Lipinski definition) is 7. The van der Waals surface area contributed by atoms with E-state index in [0.29, 0.717) is 26.2 Å². The number of nitrogens with zero attached hydrogens (tertiary/aromatic N) is 5. The molecule has 9 nitrogen and oxygen atoms in total. The van der Waals surface area contributed by atoms with Crippen LogP contribution in [0.2, 0.25) is 0 Å². The SMILES string of the molecule is CCc1nc(C)nc(N2CCN(C(=O)/C=C/c3ccc([N+](=O)[O-])cc3)CC2)c1Cc1ccc(OC)cc1. The molecule has 1 fully saturated rings. The Balaban J connectivity index is 1.45.